The van der Waals surface area contributed by atoms with E-state index in [-0.39, 0.29) is 17.9 Å². The van der Waals surface area contributed by atoms with Crippen molar-refractivity contribution >= 4 is 0 Å². The first-order valence-electron chi connectivity index (χ1n) is 6.31. The third-order valence-electron chi connectivity index (χ3n) is 3.19. The average molecular weight is 287 g/mol. The van der Waals surface area contributed by atoms with Crippen molar-refractivity contribution in [3.8, 4) is 22.6 Å². The van der Waals surface area contributed by atoms with Crippen LogP contribution in [0.2, 0.25) is 0 Å². The van der Waals surface area contributed by atoms with Crippen molar-refractivity contribution in [3.63, 3.8) is 0 Å². The van der Waals surface area contributed by atoms with Gasteiger partial charge in [0.05, 0.1) is 12.2 Å². The van der Waals surface area contributed by atoms with Crippen LogP contribution in [0.25, 0.3) is 22.6 Å². The molecule has 0 unspecified atom stereocenters. The van der Waals surface area contributed by atoms with E-state index in [9.17, 15) is 13.9 Å². The molecule has 21 heavy (non-hydrogen) atoms. The minimum Gasteiger partial charge on any atom is -0.391 e. The van der Waals surface area contributed by atoms with Gasteiger partial charge in [0.15, 0.2) is 17.4 Å². The second-order valence-electron chi connectivity index (χ2n) is 4.46. The third kappa shape index (κ3) is 2.32. The van der Waals surface area contributed by atoms with Crippen molar-refractivity contribution in [1.82, 2.24) is 5.16 Å². The van der Waals surface area contributed by atoms with Gasteiger partial charge in [-0.2, -0.15) is 0 Å². The standard InChI is InChI=1S/C16H11F2NO2/c17-13-8-4-7-11(14(13)18)15-12(9-20)16(21-19-15)10-5-2-1-3-6-10/h1-8,20H,9H2. The zero-order chi connectivity index (χ0) is 14.8. The summed E-state index contributed by atoms with van der Waals surface area (Å²) in [7, 11) is 0. The molecule has 0 spiro atoms. The molecule has 0 saturated heterocycles. The lowest BCUT2D eigenvalue weighted by molar-refractivity contribution is 0.281. The van der Waals surface area contributed by atoms with Gasteiger partial charge in [0.1, 0.15) is 5.69 Å². The number of nitrogens with zero attached hydrogens (tertiary/aromatic N) is 1. The Morgan fingerprint density at radius 1 is 1.00 bits per heavy atom. The zero-order valence-electron chi connectivity index (χ0n) is 10.9. The first-order chi connectivity index (χ1) is 10.2. The zero-order valence-corrected chi connectivity index (χ0v) is 10.9. The fourth-order valence-electron chi connectivity index (χ4n) is 2.17. The number of aliphatic hydroxyl groups is 1. The van der Waals surface area contributed by atoms with Crippen LogP contribution in [0.15, 0.2) is 53.1 Å². The number of hydrogen-bond donors (Lipinski definition) is 1. The SMILES string of the molecule is OCc1c(-c2cccc(F)c2F)noc1-c1ccccc1. The molecule has 3 aromatic rings. The summed E-state index contributed by atoms with van der Waals surface area (Å²) in [5, 5.41) is 13.3. The fraction of sp³-hybridized carbons (Fsp3) is 0.0625. The Morgan fingerprint density at radius 2 is 1.76 bits per heavy atom. The molecule has 3 rings (SSSR count). The van der Waals surface area contributed by atoms with Gasteiger partial charge in [-0.25, -0.2) is 8.78 Å². The minimum atomic E-state index is -1.01. The van der Waals surface area contributed by atoms with E-state index in [1.54, 1.807) is 24.3 Å². The smallest absolute Gasteiger partial charge is 0.173 e. The Hall–Kier alpha value is -2.53. The molecule has 0 atom stereocenters. The van der Waals surface area contributed by atoms with Gasteiger partial charge >= 0.3 is 0 Å². The molecule has 106 valence electrons. The molecular weight excluding hydrogens is 276 g/mol. The highest BCUT2D eigenvalue weighted by molar-refractivity contribution is 5.72. The molecule has 0 saturated carbocycles. The molecule has 0 amide bonds. The summed E-state index contributed by atoms with van der Waals surface area (Å²) in [5.41, 5.74) is 1.10. The van der Waals surface area contributed by atoms with Crippen LogP contribution in [0, 0.1) is 11.6 Å². The summed E-state index contributed by atoms with van der Waals surface area (Å²) >= 11 is 0. The van der Waals surface area contributed by atoms with Crippen molar-refractivity contribution in [2.75, 3.05) is 0 Å². The van der Waals surface area contributed by atoms with E-state index in [1.165, 1.54) is 12.1 Å². The monoisotopic (exact) mass is 287 g/mol. The number of aromatic nitrogens is 1. The van der Waals surface area contributed by atoms with Gasteiger partial charge in [0.25, 0.3) is 0 Å². The predicted octanol–water partition coefficient (Wildman–Crippen LogP) is 3.78. The Kier molecular flexibility index (Phi) is 3.50. The van der Waals surface area contributed by atoms with Gasteiger partial charge in [-0.05, 0) is 12.1 Å². The first kappa shape index (κ1) is 13.5. The van der Waals surface area contributed by atoms with Crippen molar-refractivity contribution < 1.29 is 18.4 Å². The number of hydrogen-bond acceptors (Lipinski definition) is 3. The Bertz CT molecular complexity index is 769. The van der Waals surface area contributed by atoms with E-state index in [0.29, 0.717) is 16.9 Å². The van der Waals surface area contributed by atoms with E-state index >= 15 is 0 Å². The second-order valence-corrected chi connectivity index (χ2v) is 4.46. The highest BCUT2D eigenvalue weighted by Gasteiger charge is 2.21. The molecule has 3 nitrogen and oxygen atoms in total. The molecular formula is C16H11F2NO2. The Morgan fingerprint density at radius 3 is 2.48 bits per heavy atom. The number of benzene rings is 2. The van der Waals surface area contributed by atoms with Gasteiger partial charge in [0, 0.05) is 11.1 Å². The van der Waals surface area contributed by atoms with Gasteiger partial charge in [0.2, 0.25) is 0 Å². The predicted molar refractivity (Wildman–Crippen MR) is 73.2 cm³/mol. The normalized spacial score (nSPS) is 10.8. The van der Waals surface area contributed by atoms with E-state index in [1.807, 2.05) is 6.07 Å². The van der Waals surface area contributed by atoms with Crippen molar-refractivity contribution in [2.45, 2.75) is 6.61 Å². The van der Waals surface area contributed by atoms with Crippen LogP contribution in [-0.4, -0.2) is 10.3 Å². The molecule has 0 aliphatic heterocycles. The largest absolute Gasteiger partial charge is 0.391 e. The van der Waals surface area contributed by atoms with Gasteiger partial charge < -0.3 is 9.63 Å². The van der Waals surface area contributed by atoms with E-state index < -0.39 is 11.6 Å². The molecule has 0 radical (unpaired) electrons. The summed E-state index contributed by atoms with van der Waals surface area (Å²) in [4.78, 5) is 0. The molecule has 1 heterocycles. The maximum atomic E-state index is 13.9. The molecule has 5 heteroatoms. The molecule has 0 aliphatic carbocycles. The van der Waals surface area contributed by atoms with Crippen LogP contribution < -0.4 is 0 Å². The minimum absolute atomic E-state index is 0.0371. The summed E-state index contributed by atoms with van der Waals surface area (Å²) in [5.74, 6) is -1.64. The maximum absolute atomic E-state index is 13.9. The van der Waals surface area contributed by atoms with Crippen LogP contribution in [0.1, 0.15) is 5.56 Å². The van der Waals surface area contributed by atoms with Gasteiger partial charge in [-0.15, -0.1) is 0 Å². The third-order valence-corrected chi connectivity index (χ3v) is 3.19. The van der Waals surface area contributed by atoms with Crippen LogP contribution >= 0.6 is 0 Å². The molecule has 0 aliphatic rings. The van der Waals surface area contributed by atoms with Gasteiger partial charge in [-0.3, -0.25) is 0 Å². The molecule has 2 aromatic carbocycles. The lowest BCUT2D eigenvalue weighted by Crippen LogP contribution is -1.94. The van der Waals surface area contributed by atoms with Crippen LogP contribution in [0.4, 0.5) is 8.78 Å². The fourth-order valence-corrected chi connectivity index (χ4v) is 2.17. The summed E-state index contributed by atoms with van der Waals surface area (Å²) in [6.45, 7) is -0.390. The molecule has 1 N–H and O–H groups in total. The highest BCUT2D eigenvalue weighted by atomic mass is 19.2. The summed E-state index contributed by atoms with van der Waals surface area (Å²) in [6, 6.07) is 12.8. The van der Waals surface area contributed by atoms with E-state index in [4.69, 9.17) is 4.52 Å². The number of halogens is 2. The van der Waals surface area contributed by atoms with Gasteiger partial charge in [-0.1, -0.05) is 41.6 Å². The van der Waals surface area contributed by atoms with E-state index in [0.717, 1.165) is 6.07 Å². The number of rotatable bonds is 3. The quantitative estimate of drug-likeness (QED) is 0.797. The topological polar surface area (TPSA) is 46.3 Å². The molecule has 0 bridgehead atoms. The van der Waals surface area contributed by atoms with E-state index in [2.05, 4.69) is 5.16 Å². The highest BCUT2D eigenvalue weighted by Crippen LogP contribution is 2.33. The lowest BCUT2D eigenvalue weighted by Gasteiger charge is -2.03. The Labute approximate surface area is 119 Å². The van der Waals surface area contributed by atoms with Crippen molar-refractivity contribution in [3.05, 3.63) is 65.7 Å². The van der Waals surface area contributed by atoms with Crippen molar-refractivity contribution in [2.24, 2.45) is 0 Å². The number of aliphatic hydroxyl groups excluding tert-OH is 1. The van der Waals surface area contributed by atoms with Crippen LogP contribution in [-0.2, 0) is 6.61 Å². The average Bonchev–Trinajstić information content (AvgIpc) is 2.94. The molecule has 1 aromatic heterocycles. The summed E-state index contributed by atoms with van der Waals surface area (Å²) in [6.07, 6.45) is 0. The molecule has 0 fully saturated rings. The Balaban J connectivity index is 2.18. The van der Waals surface area contributed by atoms with Crippen LogP contribution in [0.3, 0.4) is 0 Å². The van der Waals surface area contributed by atoms with Crippen LogP contribution in [0.5, 0.6) is 0 Å². The van der Waals surface area contributed by atoms with Crippen molar-refractivity contribution in [1.29, 1.82) is 0 Å². The second kappa shape index (κ2) is 5.46. The maximum Gasteiger partial charge on any atom is 0.173 e. The summed E-state index contributed by atoms with van der Waals surface area (Å²) < 4.78 is 32.4. The lowest BCUT2D eigenvalue weighted by atomic mass is 10.0. The first-order valence-corrected chi connectivity index (χ1v) is 6.31.